The summed E-state index contributed by atoms with van der Waals surface area (Å²) in [4.78, 5) is 32.9. The van der Waals surface area contributed by atoms with Crippen LogP contribution < -0.4 is 24.3 Å². The molecular weight excluding hydrogens is 1090 g/mol. The van der Waals surface area contributed by atoms with E-state index in [0.29, 0.717) is 101 Å². The number of hydrogen-bond acceptors (Lipinski definition) is 7. The first kappa shape index (κ1) is 60.9. The summed E-state index contributed by atoms with van der Waals surface area (Å²) < 4.78 is 25.4. The van der Waals surface area contributed by atoms with Crippen LogP contribution >= 0.6 is 0 Å². The standard InChI is InChI=1S/C79H75N3O6/c83-77(50-46-63-44-48-73(85-59-66-30-11-2-12-31-66)75(56-63)87-61-68-34-15-4-16-35-68)81(55-27-52-80-79(70-38-19-6-20-39-70,71-40-21-7-22-41-71)72-42-23-8-24-43-72)53-25-26-54-82(58-65-28-9-1-10-29-65)78(84)51-47-64-45-49-74(86-60-67-32-13-3-14-33-67)76(57-64)88-62-69-36-17-5-18-37-69/h1-24,28-51,56-57,80H,25-27,52-55,58-62H2/b50-46+,51-47+. The van der Waals surface area contributed by atoms with E-state index in [1.165, 1.54) is 0 Å². The van der Waals surface area contributed by atoms with Crippen molar-refractivity contribution in [2.75, 3.05) is 26.2 Å². The van der Waals surface area contributed by atoms with Gasteiger partial charge in [0.2, 0.25) is 11.8 Å². The highest BCUT2D eigenvalue weighted by atomic mass is 16.5. The van der Waals surface area contributed by atoms with Gasteiger partial charge in [0.15, 0.2) is 23.0 Å². The maximum Gasteiger partial charge on any atom is 0.246 e. The molecule has 10 aromatic carbocycles. The second-order valence-corrected chi connectivity index (χ2v) is 21.6. The van der Waals surface area contributed by atoms with Crippen molar-refractivity contribution in [3.8, 4) is 23.0 Å². The van der Waals surface area contributed by atoms with Crippen LogP contribution in [-0.4, -0.2) is 47.8 Å². The fraction of sp³-hybridized carbons (Fsp3) is 0.165. The summed E-state index contributed by atoms with van der Waals surface area (Å²) in [6.07, 6.45) is 8.98. The van der Waals surface area contributed by atoms with Gasteiger partial charge in [-0.3, -0.25) is 14.9 Å². The van der Waals surface area contributed by atoms with Crippen LogP contribution in [-0.2, 0) is 48.1 Å². The van der Waals surface area contributed by atoms with Gasteiger partial charge in [0.25, 0.3) is 0 Å². The van der Waals surface area contributed by atoms with Crippen LogP contribution in [0.4, 0.5) is 0 Å². The molecule has 0 unspecified atom stereocenters. The van der Waals surface area contributed by atoms with Gasteiger partial charge < -0.3 is 28.7 Å². The lowest BCUT2D eigenvalue weighted by Crippen LogP contribution is -2.45. The summed E-state index contributed by atoms with van der Waals surface area (Å²) in [6, 6.07) is 93.4. The molecule has 9 nitrogen and oxygen atoms in total. The lowest BCUT2D eigenvalue weighted by atomic mass is 9.77. The molecule has 0 aliphatic heterocycles. The van der Waals surface area contributed by atoms with Gasteiger partial charge in [0, 0.05) is 38.3 Å². The molecule has 0 aliphatic rings. The number of rotatable bonds is 31. The lowest BCUT2D eigenvalue weighted by Gasteiger charge is -2.37. The van der Waals surface area contributed by atoms with Gasteiger partial charge in [-0.05, 0) is 118 Å². The molecule has 0 radical (unpaired) electrons. The monoisotopic (exact) mass is 1160 g/mol. The Morgan fingerprint density at radius 2 is 0.648 bits per heavy atom. The number of benzene rings is 10. The molecule has 442 valence electrons. The van der Waals surface area contributed by atoms with Crippen LogP contribution in [0.1, 0.15) is 74.9 Å². The minimum Gasteiger partial charge on any atom is -0.485 e. The third-order valence-corrected chi connectivity index (χ3v) is 15.3. The van der Waals surface area contributed by atoms with Crippen molar-refractivity contribution in [1.82, 2.24) is 15.1 Å². The molecule has 0 heterocycles. The molecule has 10 aromatic rings. The van der Waals surface area contributed by atoms with Gasteiger partial charge in [-0.2, -0.15) is 0 Å². The second-order valence-electron chi connectivity index (χ2n) is 21.6. The van der Waals surface area contributed by atoms with Gasteiger partial charge in [0.05, 0.1) is 5.54 Å². The molecule has 0 aromatic heterocycles. The Hall–Kier alpha value is -10.2. The quantitative estimate of drug-likeness (QED) is 0.0263. The Morgan fingerprint density at radius 3 is 1.02 bits per heavy atom. The molecule has 0 spiro atoms. The Balaban J connectivity index is 0.866. The maximum absolute atomic E-state index is 14.7. The predicted octanol–water partition coefficient (Wildman–Crippen LogP) is 16.3. The van der Waals surface area contributed by atoms with Gasteiger partial charge in [-0.25, -0.2) is 0 Å². The average Bonchev–Trinajstić information content (AvgIpc) is 1.56. The molecule has 2 amide bonds. The van der Waals surface area contributed by atoms with E-state index in [0.717, 1.165) is 55.6 Å². The van der Waals surface area contributed by atoms with E-state index in [1.807, 2.05) is 228 Å². The van der Waals surface area contributed by atoms with Crippen LogP contribution in [0.15, 0.2) is 291 Å². The highest BCUT2D eigenvalue weighted by molar-refractivity contribution is 5.92. The summed E-state index contributed by atoms with van der Waals surface area (Å²) in [5, 5.41) is 4.02. The third-order valence-electron chi connectivity index (χ3n) is 15.3. The van der Waals surface area contributed by atoms with Gasteiger partial charge >= 0.3 is 0 Å². The summed E-state index contributed by atoms with van der Waals surface area (Å²) in [5.74, 6) is 2.17. The predicted molar refractivity (Wildman–Crippen MR) is 354 cm³/mol. The summed E-state index contributed by atoms with van der Waals surface area (Å²) in [7, 11) is 0. The van der Waals surface area contributed by atoms with Gasteiger partial charge in [0.1, 0.15) is 26.4 Å². The number of nitrogens with one attached hydrogen (secondary N) is 1. The Morgan fingerprint density at radius 1 is 0.341 bits per heavy atom. The number of ether oxygens (including phenoxy) is 4. The van der Waals surface area contributed by atoms with Crippen molar-refractivity contribution in [3.63, 3.8) is 0 Å². The first-order chi connectivity index (χ1) is 43.4. The van der Waals surface area contributed by atoms with Crippen molar-refractivity contribution in [2.24, 2.45) is 0 Å². The van der Waals surface area contributed by atoms with Crippen molar-refractivity contribution < 1.29 is 28.5 Å². The minimum absolute atomic E-state index is 0.111. The van der Waals surface area contributed by atoms with E-state index < -0.39 is 5.54 Å². The van der Waals surface area contributed by atoms with E-state index in [9.17, 15) is 9.59 Å². The first-order valence-electron chi connectivity index (χ1n) is 30.3. The third kappa shape index (κ3) is 17.7. The lowest BCUT2D eigenvalue weighted by molar-refractivity contribution is -0.127. The SMILES string of the molecule is O=C(/C=C/c1ccc(OCc2ccccc2)c(OCc2ccccc2)c1)N(CCCCN(Cc1ccccc1)C(=O)/C=C/c1ccc(OCc2ccccc2)c(OCc2ccccc2)c1)CCCNC(c1ccccc1)(c1ccccc1)c1ccccc1. The largest absolute Gasteiger partial charge is 0.485 e. The van der Waals surface area contributed by atoms with Gasteiger partial charge in [-0.1, -0.05) is 255 Å². The Kier molecular flexibility index (Phi) is 22.4. The van der Waals surface area contributed by atoms with E-state index in [1.54, 1.807) is 12.2 Å². The molecule has 88 heavy (non-hydrogen) atoms. The highest BCUT2D eigenvalue weighted by Crippen LogP contribution is 2.37. The first-order valence-corrected chi connectivity index (χ1v) is 30.3. The normalized spacial score (nSPS) is 11.3. The molecule has 10 rings (SSSR count). The molecule has 0 bridgehead atoms. The van der Waals surface area contributed by atoms with Crippen LogP contribution in [0.25, 0.3) is 12.2 Å². The smallest absolute Gasteiger partial charge is 0.246 e. The summed E-state index contributed by atoms with van der Waals surface area (Å²) >= 11 is 0. The number of carbonyl (C=O) groups excluding carboxylic acids is 2. The number of unbranched alkanes of at least 4 members (excludes halogenated alkanes) is 1. The summed E-state index contributed by atoms with van der Waals surface area (Å²) in [5.41, 5.74) is 9.49. The zero-order chi connectivity index (χ0) is 60.3. The van der Waals surface area contributed by atoms with E-state index in [4.69, 9.17) is 18.9 Å². The van der Waals surface area contributed by atoms with Crippen LogP contribution in [0.5, 0.6) is 23.0 Å². The number of hydrogen-bond donors (Lipinski definition) is 1. The molecule has 0 aliphatic carbocycles. The zero-order valence-corrected chi connectivity index (χ0v) is 49.7. The molecular formula is C79H75N3O6. The Bertz CT molecular complexity index is 3660. The number of nitrogens with zero attached hydrogens (tertiary/aromatic N) is 2. The van der Waals surface area contributed by atoms with E-state index in [-0.39, 0.29) is 11.8 Å². The highest BCUT2D eigenvalue weighted by Gasteiger charge is 2.35. The van der Waals surface area contributed by atoms with E-state index in [2.05, 4.69) is 78.1 Å². The van der Waals surface area contributed by atoms with E-state index >= 15 is 0 Å². The molecule has 0 atom stereocenters. The topological polar surface area (TPSA) is 89.6 Å². The van der Waals surface area contributed by atoms with Crippen LogP contribution in [0.2, 0.25) is 0 Å². The maximum atomic E-state index is 14.7. The van der Waals surface area contributed by atoms with Crippen molar-refractivity contribution in [3.05, 3.63) is 347 Å². The molecule has 0 saturated heterocycles. The zero-order valence-electron chi connectivity index (χ0n) is 49.7. The number of amides is 2. The fourth-order valence-electron chi connectivity index (χ4n) is 10.6. The fourth-order valence-corrected chi connectivity index (χ4v) is 10.6. The second kappa shape index (κ2) is 32.3. The van der Waals surface area contributed by atoms with Crippen molar-refractivity contribution in [2.45, 2.75) is 57.8 Å². The van der Waals surface area contributed by atoms with Gasteiger partial charge in [-0.15, -0.1) is 0 Å². The Labute approximate surface area is 518 Å². The molecule has 0 saturated carbocycles. The summed E-state index contributed by atoms with van der Waals surface area (Å²) in [6.45, 7) is 3.97. The van der Waals surface area contributed by atoms with Crippen LogP contribution in [0.3, 0.4) is 0 Å². The molecule has 1 N–H and O–H groups in total. The average molecular weight is 1160 g/mol. The molecule has 0 fully saturated rings. The molecule has 9 heteroatoms. The van der Waals surface area contributed by atoms with Crippen molar-refractivity contribution >= 4 is 24.0 Å². The minimum atomic E-state index is -0.655. The number of carbonyl (C=O) groups is 2. The van der Waals surface area contributed by atoms with Crippen LogP contribution in [0, 0.1) is 0 Å². The van der Waals surface area contributed by atoms with Crippen molar-refractivity contribution in [1.29, 1.82) is 0 Å².